The first-order chi connectivity index (χ1) is 7.89. The molecule has 1 aliphatic heterocycles. The summed E-state index contributed by atoms with van der Waals surface area (Å²) >= 11 is 0. The van der Waals surface area contributed by atoms with Crippen molar-refractivity contribution in [1.82, 2.24) is 10.2 Å². The van der Waals surface area contributed by atoms with Gasteiger partial charge in [0.1, 0.15) is 5.54 Å². The lowest BCUT2D eigenvalue weighted by Gasteiger charge is -2.31. The first-order valence-electron chi connectivity index (χ1n) is 5.85. The van der Waals surface area contributed by atoms with Gasteiger partial charge < -0.3 is 15.3 Å². The summed E-state index contributed by atoms with van der Waals surface area (Å²) in [6.45, 7) is 6.46. The first kappa shape index (κ1) is 13.5. The number of carboxylic acid groups (broad SMARTS) is 1. The quantitative estimate of drug-likeness (QED) is 0.736. The molecule has 5 heteroatoms. The minimum atomic E-state index is -1.19. The summed E-state index contributed by atoms with van der Waals surface area (Å²) in [6.07, 6.45) is 3.28. The van der Waals surface area contributed by atoms with E-state index in [1.165, 1.54) is 6.92 Å². The average molecular weight is 240 g/mol. The number of carboxylic acids is 1. The average Bonchev–Trinajstić information content (AvgIpc) is 2.28. The molecule has 0 aromatic carbocycles. The Kier molecular flexibility index (Phi) is 4.15. The third-order valence-corrected chi connectivity index (χ3v) is 3.18. The fraction of sp³-hybridized carbons (Fsp3) is 0.667. The van der Waals surface area contributed by atoms with E-state index in [4.69, 9.17) is 5.11 Å². The van der Waals surface area contributed by atoms with E-state index in [0.29, 0.717) is 19.5 Å². The second-order valence-electron chi connectivity index (χ2n) is 4.68. The van der Waals surface area contributed by atoms with Crippen molar-refractivity contribution in [2.45, 2.75) is 39.2 Å². The van der Waals surface area contributed by atoms with Crippen LogP contribution in [0, 0.1) is 0 Å². The van der Waals surface area contributed by atoms with E-state index in [2.05, 4.69) is 11.4 Å². The van der Waals surface area contributed by atoms with Crippen LogP contribution in [-0.2, 0) is 4.79 Å². The van der Waals surface area contributed by atoms with Gasteiger partial charge in [-0.3, -0.25) is 0 Å². The minimum absolute atomic E-state index is 0.302. The molecule has 1 atom stereocenters. The fourth-order valence-corrected chi connectivity index (χ4v) is 1.69. The van der Waals surface area contributed by atoms with E-state index in [1.54, 1.807) is 11.8 Å². The van der Waals surface area contributed by atoms with Crippen molar-refractivity contribution < 1.29 is 14.7 Å². The minimum Gasteiger partial charge on any atom is -0.480 e. The number of hydrogen-bond donors (Lipinski definition) is 2. The van der Waals surface area contributed by atoms with E-state index in [-0.39, 0.29) is 6.03 Å². The summed E-state index contributed by atoms with van der Waals surface area (Å²) < 4.78 is 0. The van der Waals surface area contributed by atoms with E-state index >= 15 is 0 Å². The molecule has 1 rings (SSSR count). The molecule has 1 unspecified atom stereocenters. The highest BCUT2D eigenvalue weighted by atomic mass is 16.4. The molecule has 17 heavy (non-hydrogen) atoms. The second kappa shape index (κ2) is 5.21. The summed E-state index contributed by atoms with van der Waals surface area (Å²) in [7, 11) is 0. The number of carbonyl (C=O) groups is 2. The van der Waals surface area contributed by atoms with Crippen LogP contribution in [-0.4, -0.2) is 40.6 Å². The largest absolute Gasteiger partial charge is 0.480 e. The SMILES string of the molecule is CCC(C)(NC(=O)N1CCC=C(C)C1)C(=O)O. The fourth-order valence-electron chi connectivity index (χ4n) is 1.69. The lowest BCUT2D eigenvalue weighted by atomic mass is 9.99. The number of nitrogens with one attached hydrogen (secondary N) is 1. The second-order valence-corrected chi connectivity index (χ2v) is 4.68. The number of carbonyl (C=O) groups excluding carboxylic acids is 1. The van der Waals surface area contributed by atoms with E-state index < -0.39 is 11.5 Å². The lowest BCUT2D eigenvalue weighted by Crippen LogP contribution is -2.56. The predicted octanol–water partition coefficient (Wildman–Crippen LogP) is 1.60. The number of nitrogens with zero attached hydrogens (tertiary/aromatic N) is 1. The first-order valence-corrected chi connectivity index (χ1v) is 5.85. The Morgan fingerprint density at radius 1 is 1.59 bits per heavy atom. The van der Waals surface area contributed by atoms with Crippen LogP contribution in [0.4, 0.5) is 4.79 Å². The third kappa shape index (κ3) is 3.22. The van der Waals surface area contributed by atoms with Crippen LogP contribution in [0.15, 0.2) is 11.6 Å². The molecule has 2 N–H and O–H groups in total. The molecule has 0 saturated heterocycles. The topological polar surface area (TPSA) is 69.6 Å². The molecule has 0 spiro atoms. The van der Waals surface area contributed by atoms with Crippen molar-refractivity contribution >= 4 is 12.0 Å². The molecular formula is C12H20N2O3. The van der Waals surface area contributed by atoms with Gasteiger partial charge in [0.05, 0.1) is 0 Å². The van der Waals surface area contributed by atoms with Crippen molar-refractivity contribution in [2.24, 2.45) is 0 Å². The van der Waals surface area contributed by atoms with Crippen LogP contribution >= 0.6 is 0 Å². The van der Waals surface area contributed by atoms with Gasteiger partial charge in [-0.05, 0) is 26.7 Å². The van der Waals surface area contributed by atoms with Crippen molar-refractivity contribution in [2.75, 3.05) is 13.1 Å². The zero-order valence-corrected chi connectivity index (χ0v) is 10.6. The Balaban J connectivity index is 2.66. The highest BCUT2D eigenvalue weighted by Gasteiger charge is 2.34. The molecule has 1 heterocycles. The highest BCUT2D eigenvalue weighted by molar-refractivity contribution is 5.86. The molecular weight excluding hydrogens is 220 g/mol. The van der Waals surface area contributed by atoms with Gasteiger partial charge in [-0.2, -0.15) is 0 Å². The summed E-state index contributed by atoms with van der Waals surface area (Å²) in [5, 5.41) is 11.7. The van der Waals surface area contributed by atoms with Gasteiger partial charge in [-0.1, -0.05) is 18.6 Å². The molecule has 5 nitrogen and oxygen atoms in total. The molecule has 96 valence electrons. The standard InChI is InChI=1S/C12H20N2O3/c1-4-12(3,10(15)16)13-11(17)14-7-5-6-9(2)8-14/h6H,4-5,7-8H2,1-3H3,(H,13,17)(H,15,16). The Hall–Kier alpha value is -1.52. The van der Waals surface area contributed by atoms with Gasteiger partial charge in [-0.25, -0.2) is 9.59 Å². The van der Waals surface area contributed by atoms with Gasteiger partial charge in [0, 0.05) is 13.1 Å². The third-order valence-electron chi connectivity index (χ3n) is 3.18. The van der Waals surface area contributed by atoms with Gasteiger partial charge in [0.15, 0.2) is 0 Å². The van der Waals surface area contributed by atoms with Gasteiger partial charge in [0.2, 0.25) is 0 Å². The molecule has 0 radical (unpaired) electrons. The number of rotatable bonds is 3. The molecule has 0 aromatic heterocycles. The lowest BCUT2D eigenvalue weighted by molar-refractivity contribution is -0.143. The van der Waals surface area contributed by atoms with Crippen LogP contribution in [0.25, 0.3) is 0 Å². The predicted molar refractivity (Wildman–Crippen MR) is 64.8 cm³/mol. The number of urea groups is 1. The molecule has 0 bridgehead atoms. The normalized spacial score (nSPS) is 19.2. The number of aliphatic carboxylic acids is 1. The Bertz CT molecular complexity index is 352. The summed E-state index contributed by atoms with van der Waals surface area (Å²) in [6, 6.07) is -0.302. The summed E-state index contributed by atoms with van der Waals surface area (Å²) in [5.41, 5.74) is -0.0495. The monoisotopic (exact) mass is 240 g/mol. The van der Waals surface area contributed by atoms with E-state index in [9.17, 15) is 9.59 Å². The smallest absolute Gasteiger partial charge is 0.329 e. The van der Waals surface area contributed by atoms with Gasteiger partial charge >= 0.3 is 12.0 Å². The van der Waals surface area contributed by atoms with Crippen LogP contribution in [0.2, 0.25) is 0 Å². The van der Waals surface area contributed by atoms with E-state index in [0.717, 1.165) is 12.0 Å². The van der Waals surface area contributed by atoms with Crippen molar-refractivity contribution in [1.29, 1.82) is 0 Å². The molecule has 0 aromatic rings. The molecule has 1 aliphatic rings. The van der Waals surface area contributed by atoms with Crippen LogP contribution in [0.3, 0.4) is 0 Å². The number of amides is 2. The molecule has 0 fully saturated rings. The van der Waals surface area contributed by atoms with Crippen LogP contribution in [0.5, 0.6) is 0 Å². The maximum Gasteiger partial charge on any atom is 0.329 e. The molecule has 0 aliphatic carbocycles. The summed E-state index contributed by atoms with van der Waals surface area (Å²) in [5.74, 6) is -1.00. The van der Waals surface area contributed by atoms with Crippen molar-refractivity contribution in [3.05, 3.63) is 11.6 Å². The molecule has 2 amide bonds. The zero-order valence-electron chi connectivity index (χ0n) is 10.6. The maximum absolute atomic E-state index is 11.9. The van der Waals surface area contributed by atoms with Crippen LogP contribution < -0.4 is 5.32 Å². The Morgan fingerprint density at radius 3 is 2.71 bits per heavy atom. The van der Waals surface area contributed by atoms with Crippen LogP contribution in [0.1, 0.15) is 33.6 Å². The van der Waals surface area contributed by atoms with E-state index in [1.807, 2.05) is 6.92 Å². The Labute approximate surface area is 101 Å². The van der Waals surface area contributed by atoms with Gasteiger partial charge in [-0.15, -0.1) is 0 Å². The molecule has 0 saturated carbocycles. The summed E-state index contributed by atoms with van der Waals surface area (Å²) in [4.78, 5) is 24.7. The zero-order chi connectivity index (χ0) is 13.1. The maximum atomic E-state index is 11.9. The van der Waals surface area contributed by atoms with Crippen molar-refractivity contribution in [3.63, 3.8) is 0 Å². The number of hydrogen-bond acceptors (Lipinski definition) is 2. The van der Waals surface area contributed by atoms with Gasteiger partial charge in [0.25, 0.3) is 0 Å². The van der Waals surface area contributed by atoms with Crippen molar-refractivity contribution in [3.8, 4) is 0 Å². The Morgan fingerprint density at radius 2 is 2.24 bits per heavy atom. The highest BCUT2D eigenvalue weighted by Crippen LogP contribution is 2.13.